The lowest BCUT2D eigenvalue weighted by atomic mass is 9.88. The standard InChI is InChI=1S/C32H39N3O5/c1-22-7-6-8-25(17-22)33-13-15-34(16-14-33)32(36)35-12-11-24-20-30(39-4)31(40-5)21-26(24)27(35)18-23-9-10-28(37-2)29(19-23)38-3/h6-10,17,19-21,27H,11-16,18H2,1-5H3. The van der Waals surface area contributed by atoms with Gasteiger partial charge in [0.15, 0.2) is 23.0 Å². The van der Waals surface area contributed by atoms with Gasteiger partial charge in [0.05, 0.1) is 34.5 Å². The molecule has 0 bridgehead atoms. The van der Waals surface area contributed by atoms with Crippen LogP contribution in [0.4, 0.5) is 10.5 Å². The van der Waals surface area contributed by atoms with Gasteiger partial charge in [-0.1, -0.05) is 18.2 Å². The van der Waals surface area contributed by atoms with E-state index >= 15 is 0 Å². The van der Waals surface area contributed by atoms with Crippen LogP contribution in [0.3, 0.4) is 0 Å². The molecule has 0 radical (unpaired) electrons. The predicted octanol–water partition coefficient (Wildman–Crippen LogP) is 5.11. The Kier molecular flexibility index (Phi) is 8.24. The van der Waals surface area contributed by atoms with E-state index in [1.165, 1.54) is 16.8 Å². The molecule has 2 amide bonds. The van der Waals surface area contributed by atoms with Gasteiger partial charge in [0, 0.05) is 38.4 Å². The number of ether oxygens (including phenoxy) is 4. The SMILES string of the molecule is COc1ccc(CC2c3cc(OC)c(OC)cc3CCN2C(=O)N2CCN(c3cccc(C)c3)CC2)cc1OC. The highest BCUT2D eigenvalue weighted by Gasteiger charge is 2.35. The second kappa shape index (κ2) is 12.0. The number of aryl methyl sites for hydroxylation is 1. The summed E-state index contributed by atoms with van der Waals surface area (Å²) in [7, 11) is 6.57. The number of piperazine rings is 1. The highest BCUT2D eigenvalue weighted by Crippen LogP contribution is 2.41. The first kappa shape index (κ1) is 27.5. The molecule has 0 saturated carbocycles. The largest absolute Gasteiger partial charge is 0.493 e. The number of hydrogen-bond acceptors (Lipinski definition) is 6. The van der Waals surface area contributed by atoms with E-state index in [-0.39, 0.29) is 12.1 Å². The molecule has 8 heteroatoms. The van der Waals surface area contributed by atoms with E-state index in [0.29, 0.717) is 49.1 Å². The normalized spacial score (nSPS) is 16.8. The lowest BCUT2D eigenvalue weighted by Gasteiger charge is -2.43. The molecule has 212 valence electrons. The van der Waals surface area contributed by atoms with Gasteiger partial charge in [0.1, 0.15) is 0 Å². The first-order chi connectivity index (χ1) is 19.4. The minimum Gasteiger partial charge on any atom is -0.493 e. The summed E-state index contributed by atoms with van der Waals surface area (Å²) < 4.78 is 22.3. The number of amides is 2. The van der Waals surface area contributed by atoms with Crippen LogP contribution in [0.25, 0.3) is 0 Å². The second-order valence-electron chi connectivity index (χ2n) is 10.4. The van der Waals surface area contributed by atoms with Crippen molar-refractivity contribution in [3.63, 3.8) is 0 Å². The fourth-order valence-electron chi connectivity index (χ4n) is 5.87. The van der Waals surface area contributed by atoms with E-state index in [9.17, 15) is 4.79 Å². The van der Waals surface area contributed by atoms with Crippen molar-refractivity contribution in [1.29, 1.82) is 0 Å². The van der Waals surface area contributed by atoms with Gasteiger partial charge in [-0.25, -0.2) is 4.79 Å². The zero-order valence-electron chi connectivity index (χ0n) is 24.1. The van der Waals surface area contributed by atoms with Crippen LogP contribution < -0.4 is 23.8 Å². The van der Waals surface area contributed by atoms with Crippen molar-refractivity contribution in [3.8, 4) is 23.0 Å². The number of methoxy groups -OCH3 is 4. The van der Waals surface area contributed by atoms with Crippen molar-refractivity contribution >= 4 is 11.7 Å². The third-order valence-electron chi connectivity index (χ3n) is 8.04. The molecule has 0 N–H and O–H groups in total. The van der Waals surface area contributed by atoms with Gasteiger partial charge < -0.3 is 33.6 Å². The zero-order valence-corrected chi connectivity index (χ0v) is 24.1. The molecule has 5 rings (SSSR count). The number of carbonyl (C=O) groups is 1. The highest BCUT2D eigenvalue weighted by molar-refractivity contribution is 5.76. The van der Waals surface area contributed by atoms with Crippen molar-refractivity contribution in [2.24, 2.45) is 0 Å². The Balaban J connectivity index is 1.42. The predicted molar refractivity (Wildman–Crippen MR) is 156 cm³/mol. The van der Waals surface area contributed by atoms with Crippen molar-refractivity contribution < 1.29 is 23.7 Å². The number of urea groups is 1. The van der Waals surface area contributed by atoms with Crippen LogP contribution in [-0.2, 0) is 12.8 Å². The third-order valence-corrected chi connectivity index (χ3v) is 8.04. The van der Waals surface area contributed by atoms with Crippen LogP contribution in [-0.4, -0.2) is 77.0 Å². The van der Waals surface area contributed by atoms with Gasteiger partial charge in [-0.05, 0) is 78.4 Å². The Morgan fingerprint density at radius 2 is 1.45 bits per heavy atom. The van der Waals surface area contributed by atoms with E-state index in [0.717, 1.165) is 30.6 Å². The number of hydrogen-bond donors (Lipinski definition) is 0. The molecule has 2 aliphatic heterocycles. The first-order valence-electron chi connectivity index (χ1n) is 13.8. The third kappa shape index (κ3) is 5.48. The summed E-state index contributed by atoms with van der Waals surface area (Å²) in [5.74, 6) is 2.73. The fraction of sp³-hybridized carbons (Fsp3) is 0.406. The lowest BCUT2D eigenvalue weighted by Crippen LogP contribution is -2.54. The Morgan fingerprint density at radius 1 is 0.775 bits per heavy atom. The Morgan fingerprint density at radius 3 is 2.12 bits per heavy atom. The minimum atomic E-state index is -0.163. The lowest BCUT2D eigenvalue weighted by molar-refractivity contribution is 0.125. The number of benzene rings is 3. The van der Waals surface area contributed by atoms with Crippen LogP contribution in [0.2, 0.25) is 0 Å². The number of carbonyl (C=O) groups excluding carboxylic acids is 1. The molecule has 1 fully saturated rings. The molecule has 1 atom stereocenters. The summed E-state index contributed by atoms with van der Waals surface area (Å²) >= 11 is 0. The van der Waals surface area contributed by atoms with E-state index < -0.39 is 0 Å². The quantitative estimate of drug-likeness (QED) is 0.411. The maximum Gasteiger partial charge on any atom is 0.320 e. The number of anilines is 1. The molecule has 0 aromatic heterocycles. The average molecular weight is 546 g/mol. The second-order valence-corrected chi connectivity index (χ2v) is 10.4. The van der Waals surface area contributed by atoms with Gasteiger partial charge in [-0.2, -0.15) is 0 Å². The van der Waals surface area contributed by atoms with Gasteiger partial charge in [0.2, 0.25) is 0 Å². The van der Waals surface area contributed by atoms with Crippen molar-refractivity contribution in [2.75, 3.05) is 66.1 Å². The van der Waals surface area contributed by atoms with Gasteiger partial charge >= 0.3 is 6.03 Å². The summed E-state index contributed by atoms with van der Waals surface area (Å²) in [6, 6.07) is 18.5. The van der Waals surface area contributed by atoms with Crippen molar-refractivity contribution in [2.45, 2.75) is 25.8 Å². The molecular formula is C32H39N3O5. The Hall–Kier alpha value is -4.07. The van der Waals surface area contributed by atoms with Crippen LogP contribution >= 0.6 is 0 Å². The summed E-state index contributed by atoms with van der Waals surface area (Å²) in [6.07, 6.45) is 1.39. The maximum absolute atomic E-state index is 14.1. The van der Waals surface area contributed by atoms with E-state index in [2.05, 4.69) is 42.2 Å². The van der Waals surface area contributed by atoms with E-state index in [1.807, 2.05) is 34.1 Å². The molecule has 1 unspecified atom stereocenters. The van der Waals surface area contributed by atoms with Gasteiger partial charge in [-0.15, -0.1) is 0 Å². The summed E-state index contributed by atoms with van der Waals surface area (Å²) in [5, 5.41) is 0. The first-order valence-corrected chi connectivity index (χ1v) is 13.8. The molecule has 8 nitrogen and oxygen atoms in total. The minimum absolute atomic E-state index is 0.0785. The molecule has 2 heterocycles. The van der Waals surface area contributed by atoms with E-state index in [4.69, 9.17) is 18.9 Å². The molecule has 2 aliphatic rings. The van der Waals surface area contributed by atoms with Crippen LogP contribution in [0, 0.1) is 6.92 Å². The summed E-state index contributed by atoms with van der Waals surface area (Å²) in [6.45, 7) is 5.74. The molecule has 3 aromatic rings. The molecule has 3 aromatic carbocycles. The van der Waals surface area contributed by atoms with E-state index in [1.54, 1.807) is 28.4 Å². The monoisotopic (exact) mass is 545 g/mol. The van der Waals surface area contributed by atoms with Gasteiger partial charge in [0.25, 0.3) is 0 Å². The fourth-order valence-corrected chi connectivity index (χ4v) is 5.87. The maximum atomic E-state index is 14.1. The topological polar surface area (TPSA) is 63.7 Å². The molecular weight excluding hydrogens is 506 g/mol. The van der Waals surface area contributed by atoms with Crippen molar-refractivity contribution in [1.82, 2.24) is 9.80 Å². The average Bonchev–Trinajstić information content (AvgIpc) is 3.00. The van der Waals surface area contributed by atoms with Crippen LogP contribution in [0.5, 0.6) is 23.0 Å². The number of fused-ring (bicyclic) bond motifs is 1. The zero-order chi connectivity index (χ0) is 28.2. The van der Waals surface area contributed by atoms with Crippen LogP contribution in [0.1, 0.15) is 28.3 Å². The molecule has 40 heavy (non-hydrogen) atoms. The highest BCUT2D eigenvalue weighted by atomic mass is 16.5. The smallest absolute Gasteiger partial charge is 0.320 e. The summed E-state index contributed by atoms with van der Waals surface area (Å²) in [4.78, 5) is 20.5. The molecule has 1 saturated heterocycles. The van der Waals surface area contributed by atoms with Crippen LogP contribution in [0.15, 0.2) is 54.6 Å². The van der Waals surface area contributed by atoms with Crippen molar-refractivity contribution in [3.05, 3.63) is 76.9 Å². The number of nitrogens with zero attached hydrogens (tertiary/aromatic N) is 3. The Bertz CT molecular complexity index is 1350. The van der Waals surface area contributed by atoms with Gasteiger partial charge in [-0.3, -0.25) is 0 Å². The number of rotatable bonds is 7. The molecule has 0 aliphatic carbocycles. The molecule has 0 spiro atoms. The summed E-state index contributed by atoms with van der Waals surface area (Å²) in [5.41, 5.74) is 5.79. The Labute approximate surface area is 237 Å².